The van der Waals surface area contributed by atoms with Gasteiger partial charge in [-0.05, 0) is 31.1 Å². The number of thioether (sulfide) groups is 1. The van der Waals surface area contributed by atoms with Gasteiger partial charge in [-0.3, -0.25) is 0 Å². The average Bonchev–Trinajstić information content (AvgIpc) is 3.10. The molecule has 1 aromatic rings. The van der Waals surface area contributed by atoms with Gasteiger partial charge >= 0.3 is 0 Å². The van der Waals surface area contributed by atoms with Gasteiger partial charge in [0.15, 0.2) is 5.16 Å². The summed E-state index contributed by atoms with van der Waals surface area (Å²) < 4.78 is 2.35. The Labute approximate surface area is 115 Å². The van der Waals surface area contributed by atoms with Crippen LogP contribution in [0, 0.1) is 5.41 Å². The highest BCUT2D eigenvalue weighted by atomic mass is 79.9. The molecule has 5 heteroatoms. The van der Waals surface area contributed by atoms with E-state index in [0.717, 1.165) is 23.5 Å². The van der Waals surface area contributed by atoms with Crippen molar-refractivity contribution in [2.24, 2.45) is 5.41 Å². The smallest absolute Gasteiger partial charge is 0.191 e. The van der Waals surface area contributed by atoms with Crippen molar-refractivity contribution in [2.45, 2.75) is 50.2 Å². The van der Waals surface area contributed by atoms with E-state index >= 15 is 0 Å². The molecule has 0 spiro atoms. The minimum Gasteiger partial charge on any atom is -0.306 e. The highest BCUT2D eigenvalue weighted by molar-refractivity contribution is 9.09. The first-order chi connectivity index (χ1) is 8.33. The van der Waals surface area contributed by atoms with E-state index in [1.807, 2.05) is 11.8 Å². The molecule has 2 aliphatic rings. The van der Waals surface area contributed by atoms with E-state index in [9.17, 15) is 0 Å². The molecule has 1 aliphatic heterocycles. The Kier molecular flexibility index (Phi) is 3.48. The van der Waals surface area contributed by atoms with E-state index in [1.54, 1.807) is 0 Å². The summed E-state index contributed by atoms with van der Waals surface area (Å²) in [6.07, 6.45) is 7.73. The quantitative estimate of drug-likeness (QED) is 0.631. The second-order valence-corrected chi connectivity index (χ2v) is 6.79. The van der Waals surface area contributed by atoms with Crippen molar-refractivity contribution in [1.82, 2.24) is 14.8 Å². The van der Waals surface area contributed by atoms with Gasteiger partial charge in [0.25, 0.3) is 0 Å². The molecule has 3 nitrogen and oxygen atoms in total. The normalized spacial score (nSPS) is 21.9. The lowest BCUT2D eigenvalue weighted by Crippen LogP contribution is -2.08. The van der Waals surface area contributed by atoms with E-state index < -0.39 is 0 Å². The summed E-state index contributed by atoms with van der Waals surface area (Å²) in [6.45, 7) is 1.12. The molecule has 1 aromatic heterocycles. The standard InChI is InChI=1S/C12H18BrN3S/c13-8-12(5-6-12)9-17-11-15-14-10-4-2-1-3-7-16(10)11/h1-9H2. The van der Waals surface area contributed by atoms with Crippen LogP contribution in [0.5, 0.6) is 0 Å². The molecule has 17 heavy (non-hydrogen) atoms. The van der Waals surface area contributed by atoms with Gasteiger partial charge in [-0.2, -0.15) is 0 Å². The molecule has 94 valence electrons. The minimum absolute atomic E-state index is 0.557. The Morgan fingerprint density at radius 2 is 2.12 bits per heavy atom. The van der Waals surface area contributed by atoms with Gasteiger partial charge in [-0.25, -0.2) is 0 Å². The van der Waals surface area contributed by atoms with Gasteiger partial charge in [0.1, 0.15) is 5.82 Å². The molecule has 0 bridgehead atoms. The molecule has 3 rings (SSSR count). The van der Waals surface area contributed by atoms with Crippen molar-refractivity contribution >= 4 is 27.7 Å². The third-order valence-electron chi connectivity index (χ3n) is 3.82. The third-order valence-corrected chi connectivity index (χ3v) is 6.33. The molecule has 0 unspecified atom stereocenters. The van der Waals surface area contributed by atoms with Crippen LogP contribution < -0.4 is 0 Å². The van der Waals surface area contributed by atoms with Crippen LogP contribution >= 0.6 is 27.7 Å². The minimum atomic E-state index is 0.557. The van der Waals surface area contributed by atoms with E-state index in [-0.39, 0.29) is 0 Å². The van der Waals surface area contributed by atoms with Crippen molar-refractivity contribution < 1.29 is 0 Å². The number of rotatable bonds is 4. The van der Waals surface area contributed by atoms with Crippen LogP contribution in [0.1, 0.15) is 37.9 Å². The highest BCUT2D eigenvalue weighted by Gasteiger charge is 2.41. The van der Waals surface area contributed by atoms with Crippen molar-refractivity contribution in [3.8, 4) is 0 Å². The fourth-order valence-electron chi connectivity index (χ4n) is 2.28. The molecule has 1 aliphatic carbocycles. The van der Waals surface area contributed by atoms with Crippen LogP contribution in [0.3, 0.4) is 0 Å². The number of alkyl halides is 1. The summed E-state index contributed by atoms with van der Waals surface area (Å²) in [5.74, 6) is 2.39. The van der Waals surface area contributed by atoms with Crippen LogP contribution in [-0.4, -0.2) is 25.8 Å². The van der Waals surface area contributed by atoms with Gasteiger partial charge in [0.05, 0.1) is 0 Å². The molecule has 2 heterocycles. The lowest BCUT2D eigenvalue weighted by Gasteiger charge is -2.11. The Balaban J connectivity index is 1.69. The fraction of sp³-hybridized carbons (Fsp3) is 0.833. The molecular weight excluding hydrogens is 298 g/mol. The second-order valence-electron chi connectivity index (χ2n) is 5.28. The van der Waals surface area contributed by atoms with Gasteiger partial charge in [-0.15, -0.1) is 10.2 Å². The number of hydrogen-bond donors (Lipinski definition) is 0. The monoisotopic (exact) mass is 315 g/mol. The molecule has 0 amide bonds. The van der Waals surface area contributed by atoms with Crippen LogP contribution in [0.25, 0.3) is 0 Å². The first kappa shape index (κ1) is 12.0. The molecule has 1 saturated carbocycles. The zero-order valence-electron chi connectivity index (χ0n) is 9.99. The fourth-order valence-corrected chi connectivity index (χ4v) is 4.57. The Morgan fingerprint density at radius 1 is 1.24 bits per heavy atom. The van der Waals surface area contributed by atoms with E-state index in [1.165, 1.54) is 43.7 Å². The van der Waals surface area contributed by atoms with Crippen molar-refractivity contribution in [3.63, 3.8) is 0 Å². The topological polar surface area (TPSA) is 30.7 Å². The number of aromatic nitrogens is 3. The lowest BCUT2D eigenvalue weighted by atomic mass is 10.2. The van der Waals surface area contributed by atoms with Crippen LogP contribution in [-0.2, 0) is 13.0 Å². The van der Waals surface area contributed by atoms with Crippen molar-refractivity contribution in [1.29, 1.82) is 0 Å². The molecule has 1 fully saturated rings. The summed E-state index contributed by atoms with van der Waals surface area (Å²) in [6, 6.07) is 0. The molecule has 0 radical (unpaired) electrons. The van der Waals surface area contributed by atoms with Gasteiger partial charge < -0.3 is 4.57 Å². The van der Waals surface area contributed by atoms with Gasteiger partial charge in [0.2, 0.25) is 0 Å². The molecular formula is C12H18BrN3S. The maximum Gasteiger partial charge on any atom is 0.191 e. The summed E-state index contributed by atoms with van der Waals surface area (Å²) in [7, 11) is 0. The number of halogens is 1. The van der Waals surface area contributed by atoms with Gasteiger partial charge in [0, 0.05) is 24.0 Å². The van der Waals surface area contributed by atoms with Crippen LogP contribution in [0.2, 0.25) is 0 Å². The maximum absolute atomic E-state index is 4.37. The van der Waals surface area contributed by atoms with Gasteiger partial charge in [-0.1, -0.05) is 34.1 Å². The highest BCUT2D eigenvalue weighted by Crippen LogP contribution is 2.50. The first-order valence-corrected chi connectivity index (χ1v) is 8.55. The number of hydrogen-bond acceptors (Lipinski definition) is 3. The SMILES string of the molecule is BrCC1(CSc2nnc3n2CCCCC3)CC1. The molecule has 0 N–H and O–H groups in total. The molecule has 0 atom stereocenters. The summed E-state index contributed by atoms with van der Waals surface area (Å²) in [4.78, 5) is 0. The van der Waals surface area contributed by atoms with E-state index in [4.69, 9.17) is 0 Å². The predicted octanol–water partition coefficient (Wildman–Crippen LogP) is 3.27. The summed E-state index contributed by atoms with van der Waals surface area (Å²) in [5, 5.41) is 11.0. The van der Waals surface area contributed by atoms with Crippen LogP contribution in [0.4, 0.5) is 0 Å². The summed E-state index contributed by atoms with van der Waals surface area (Å²) in [5.41, 5.74) is 0.557. The second kappa shape index (κ2) is 4.92. The average molecular weight is 316 g/mol. The molecule has 0 aromatic carbocycles. The zero-order chi connectivity index (χ0) is 11.7. The lowest BCUT2D eigenvalue weighted by molar-refractivity contribution is 0.589. The van der Waals surface area contributed by atoms with Crippen molar-refractivity contribution in [2.75, 3.05) is 11.1 Å². The third kappa shape index (κ3) is 2.55. The van der Waals surface area contributed by atoms with E-state index in [0.29, 0.717) is 5.41 Å². The number of nitrogens with zero attached hydrogens (tertiary/aromatic N) is 3. The number of aryl methyl sites for hydroxylation is 1. The Hall–Kier alpha value is -0.0300. The zero-order valence-corrected chi connectivity index (χ0v) is 12.4. The first-order valence-electron chi connectivity index (χ1n) is 6.44. The largest absolute Gasteiger partial charge is 0.306 e. The number of fused-ring (bicyclic) bond motifs is 1. The Bertz CT molecular complexity index is 400. The predicted molar refractivity (Wildman–Crippen MR) is 73.8 cm³/mol. The Morgan fingerprint density at radius 3 is 2.88 bits per heavy atom. The van der Waals surface area contributed by atoms with Crippen LogP contribution in [0.15, 0.2) is 5.16 Å². The summed E-state index contributed by atoms with van der Waals surface area (Å²) >= 11 is 5.53. The molecule has 0 saturated heterocycles. The van der Waals surface area contributed by atoms with Crippen molar-refractivity contribution in [3.05, 3.63) is 5.82 Å². The maximum atomic E-state index is 4.37. The van der Waals surface area contributed by atoms with E-state index in [2.05, 4.69) is 30.7 Å².